The van der Waals surface area contributed by atoms with Crippen molar-refractivity contribution in [3.05, 3.63) is 12.4 Å². The van der Waals surface area contributed by atoms with Crippen molar-refractivity contribution in [1.29, 1.82) is 0 Å². The van der Waals surface area contributed by atoms with E-state index in [9.17, 15) is 0 Å². The van der Waals surface area contributed by atoms with Crippen LogP contribution in [0.5, 0.6) is 0 Å². The van der Waals surface area contributed by atoms with E-state index in [-0.39, 0.29) is 6.10 Å². The maximum atomic E-state index is 5.49. The predicted octanol–water partition coefficient (Wildman–Crippen LogP) is -0.411. The normalized spacial score (nSPS) is 20.4. The van der Waals surface area contributed by atoms with Gasteiger partial charge < -0.3 is 20.2 Å². The first-order valence-electron chi connectivity index (χ1n) is 5.10. The molecule has 1 aliphatic rings. The number of nitrogens with zero attached hydrogens (tertiary/aromatic N) is 2. The van der Waals surface area contributed by atoms with Crippen LogP contribution in [0.3, 0.4) is 0 Å². The molecule has 0 spiro atoms. The third-order valence-corrected chi connectivity index (χ3v) is 2.21. The van der Waals surface area contributed by atoms with Crippen molar-refractivity contribution < 1.29 is 9.47 Å². The second kappa shape index (κ2) is 5.59. The van der Waals surface area contributed by atoms with Crippen LogP contribution >= 0.6 is 0 Å². The van der Waals surface area contributed by atoms with Crippen LogP contribution in [0.4, 0.5) is 11.6 Å². The Morgan fingerprint density at radius 2 is 2.25 bits per heavy atom. The number of rotatable bonds is 4. The standard InChI is InChI=1S/C9H15N5O2/c10-14-9-3-8(12-6-13-9)11-4-7-5-15-1-2-16-7/h3,6-7H,1-2,4-5,10H2,(H2,11,12,13,14). The van der Waals surface area contributed by atoms with Gasteiger partial charge in [0.15, 0.2) is 0 Å². The SMILES string of the molecule is NNc1cc(NCC2COCCO2)ncn1. The van der Waals surface area contributed by atoms with Crippen LogP contribution in [0.15, 0.2) is 12.4 Å². The molecule has 1 aromatic rings. The molecule has 4 N–H and O–H groups in total. The van der Waals surface area contributed by atoms with Gasteiger partial charge in [0.2, 0.25) is 0 Å². The van der Waals surface area contributed by atoms with Crippen LogP contribution in [0.25, 0.3) is 0 Å². The summed E-state index contributed by atoms with van der Waals surface area (Å²) in [5, 5.41) is 3.14. The fraction of sp³-hybridized carbons (Fsp3) is 0.556. The smallest absolute Gasteiger partial charge is 0.145 e. The van der Waals surface area contributed by atoms with Gasteiger partial charge >= 0.3 is 0 Å². The van der Waals surface area contributed by atoms with Crippen LogP contribution in [0.2, 0.25) is 0 Å². The number of nitrogen functional groups attached to an aromatic ring is 1. The van der Waals surface area contributed by atoms with E-state index >= 15 is 0 Å². The van der Waals surface area contributed by atoms with E-state index in [1.54, 1.807) is 6.07 Å². The maximum absolute atomic E-state index is 5.49. The highest BCUT2D eigenvalue weighted by molar-refractivity contribution is 5.45. The molecule has 0 radical (unpaired) electrons. The van der Waals surface area contributed by atoms with E-state index < -0.39 is 0 Å². The van der Waals surface area contributed by atoms with E-state index in [4.69, 9.17) is 15.3 Å². The minimum absolute atomic E-state index is 0.0676. The zero-order valence-electron chi connectivity index (χ0n) is 8.85. The second-order valence-corrected chi connectivity index (χ2v) is 3.38. The Labute approximate surface area is 93.3 Å². The molecule has 2 rings (SSSR count). The summed E-state index contributed by atoms with van der Waals surface area (Å²) in [6.07, 6.45) is 1.51. The Bertz CT molecular complexity index is 329. The van der Waals surface area contributed by atoms with Gasteiger partial charge in [-0.15, -0.1) is 0 Å². The molecule has 0 bridgehead atoms. The number of hydrogen-bond acceptors (Lipinski definition) is 7. The summed E-state index contributed by atoms with van der Waals surface area (Å²) in [6, 6.07) is 1.73. The van der Waals surface area contributed by atoms with Gasteiger partial charge in [-0.3, -0.25) is 0 Å². The molecule has 7 nitrogen and oxygen atoms in total. The summed E-state index contributed by atoms with van der Waals surface area (Å²) in [4.78, 5) is 7.97. The summed E-state index contributed by atoms with van der Waals surface area (Å²) < 4.78 is 10.8. The number of anilines is 2. The summed E-state index contributed by atoms with van der Waals surface area (Å²) in [6.45, 7) is 2.58. The van der Waals surface area contributed by atoms with Crippen molar-refractivity contribution in [3.63, 3.8) is 0 Å². The third kappa shape index (κ3) is 3.02. The molecule has 0 aromatic carbocycles. The molecular formula is C9H15N5O2. The first kappa shape index (κ1) is 11.1. The van der Waals surface area contributed by atoms with Crippen molar-refractivity contribution in [2.75, 3.05) is 37.1 Å². The lowest BCUT2D eigenvalue weighted by Gasteiger charge is -2.23. The number of ether oxygens (including phenoxy) is 2. The minimum Gasteiger partial charge on any atom is -0.376 e. The molecule has 2 heterocycles. The zero-order chi connectivity index (χ0) is 11.2. The van der Waals surface area contributed by atoms with Crippen molar-refractivity contribution in [2.24, 2.45) is 5.84 Å². The molecule has 0 amide bonds. The molecule has 88 valence electrons. The van der Waals surface area contributed by atoms with Crippen LogP contribution in [-0.4, -0.2) is 42.4 Å². The summed E-state index contributed by atoms with van der Waals surface area (Å²) in [5.74, 6) is 6.52. The van der Waals surface area contributed by atoms with Crippen LogP contribution in [0.1, 0.15) is 0 Å². The van der Waals surface area contributed by atoms with Crippen molar-refractivity contribution in [3.8, 4) is 0 Å². The first-order chi connectivity index (χ1) is 7.88. The first-order valence-corrected chi connectivity index (χ1v) is 5.10. The lowest BCUT2D eigenvalue weighted by Crippen LogP contribution is -2.34. The van der Waals surface area contributed by atoms with Gasteiger partial charge in [0, 0.05) is 12.6 Å². The van der Waals surface area contributed by atoms with Gasteiger partial charge in [0.1, 0.15) is 18.0 Å². The number of hydrazine groups is 1. The highest BCUT2D eigenvalue weighted by atomic mass is 16.6. The van der Waals surface area contributed by atoms with Crippen LogP contribution in [0, 0.1) is 0 Å². The largest absolute Gasteiger partial charge is 0.376 e. The number of aromatic nitrogens is 2. The molecule has 1 unspecified atom stereocenters. The molecule has 1 saturated heterocycles. The highest BCUT2D eigenvalue weighted by Gasteiger charge is 2.13. The highest BCUT2D eigenvalue weighted by Crippen LogP contribution is 2.08. The fourth-order valence-corrected chi connectivity index (χ4v) is 1.41. The van der Waals surface area contributed by atoms with Crippen LogP contribution in [-0.2, 0) is 9.47 Å². The second-order valence-electron chi connectivity index (χ2n) is 3.38. The average Bonchev–Trinajstić information content (AvgIpc) is 2.38. The van der Waals surface area contributed by atoms with E-state index in [2.05, 4.69) is 20.7 Å². The van der Waals surface area contributed by atoms with Gasteiger partial charge in [-0.05, 0) is 0 Å². The molecule has 0 aliphatic carbocycles. The van der Waals surface area contributed by atoms with E-state index in [0.717, 1.165) is 0 Å². The third-order valence-electron chi connectivity index (χ3n) is 2.21. The molecule has 1 aliphatic heterocycles. The van der Waals surface area contributed by atoms with Crippen LogP contribution < -0.4 is 16.6 Å². The monoisotopic (exact) mass is 225 g/mol. The molecule has 0 saturated carbocycles. The number of nitrogens with one attached hydrogen (secondary N) is 2. The van der Waals surface area contributed by atoms with Crippen molar-refractivity contribution in [2.45, 2.75) is 6.10 Å². The lowest BCUT2D eigenvalue weighted by molar-refractivity contribution is -0.0819. The molecule has 7 heteroatoms. The Kier molecular flexibility index (Phi) is 3.86. The predicted molar refractivity (Wildman–Crippen MR) is 58.9 cm³/mol. The summed E-state index contributed by atoms with van der Waals surface area (Å²) in [7, 11) is 0. The van der Waals surface area contributed by atoms with Gasteiger partial charge in [0.25, 0.3) is 0 Å². The summed E-state index contributed by atoms with van der Waals surface area (Å²) in [5.41, 5.74) is 2.46. The molecular weight excluding hydrogens is 210 g/mol. The van der Waals surface area contributed by atoms with Gasteiger partial charge in [-0.2, -0.15) is 0 Å². The van der Waals surface area contributed by atoms with E-state index in [1.807, 2.05) is 0 Å². The molecule has 16 heavy (non-hydrogen) atoms. The quantitative estimate of drug-likeness (QED) is 0.473. The van der Waals surface area contributed by atoms with E-state index in [0.29, 0.717) is 38.0 Å². The molecule has 1 atom stereocenters. The average molecular weight is 225 g/mol. The van der Waals surface area contributed by atoms with Gasteiger partial charge in [-0.1, -0.05) is 0 Å². The van der Waals surface area contributed by atoms with Crippen molar-refractivity contribution >= 4 is 11.6 Å². The fourth-order valence-electron chi connectivity index (χ4n) is 1.41. The van der Waals surface area contributed by atoms with Gasteiger partial charge in [-0.25, -0.2) is 15.8 Å². The summed E-state index contributed by atoms with van der Waals surface area (Å²) >= 11 is 0. The van der Waals surface area contributed by atoms with Gasteiger partial charge in [0.05, 0.1) is 25.9 Å². The Morgan fingerprint density at radius 1 is 1.38 bits per heavy atom. The Hall–Kier alpha value is -1.44. The maximum Gasteiger partial charge on any atom is 0.145 e. The topological polar surface area (TPSA) is 94.3 Å². The molecule has 1 aromatic heterocycles. The van der Waals surface area contributed by atoms with E-state index in [1.165, 1.54) is 6.33 Å². The Morgan fingerprint density at radius 3 is 3.00 bits per heavy atom. The molecule has 1 fully saturated rings. The minimum atomic E-state index is 0.0676. The Balaban J connectivity index is 1.83. The number of nitrogens with two attached hydrogens (primary N) is 1. The van der Waals surface area contributed by atoms with Crippen molar-refractivity contribution in [1.82, 2.24) is 9.97 Å². The zero-order valence-corrected chi connectivity index (χ0v) is 8.85. The number of hydrogen-bond donors (Lipinski definition) is 3. The lowest BCUT2D eigenvalue weighted by atomic mass is 10.3.